The van der Waals surface area contributed by atoms with Crippen molar-refractivity contribution in [3.63, 3.8) is 0 Å². The zero-order chi connectivity index (χ0) is 19.9. The third kappa shape index (κ3) is 3.53. The summed E-state index contributed by atoms with van der Waals surface area (Å²) in [4.78, 5) is 6.55. The van der Waals surface area contributed by atoms with Gasteiger partial charge in [-0.1, -0.05) is 17.7 Å². The van der Waals surface area contributed by atoms with Crippen molar-refractivity contribution in [2.24, 2.45) is 0 Å². The molecule has 3 heterocycles. The quantitative estimate of drug-likeness (QED) is 0.719. The van der Waals surface area contributed by atoms with Gasteiger partial charge in [0.1, 0.15) is 12.6 Å². The van der Waals surface area contributed by atoms with Gasteiger partial charge in [0.05, 0.1) is 27.1 Å². The van der Waals surface area contributed by atoms with Crippen LogP contribution in [0.5, 0.6) is 0 Å². The molecule has 5 nitrogen and oxygen atoms in total. The molecule has 0 amide bonds. The second kappa shape index (κ2) is 7.24. The van der Waals surface area contributed by atoms with Crippen LogP contribution >= 0.6 is 11.6 Å². The van der Waals surface area contributed by atoms with Crippen molar-refractivity contribution in [3.05, 3.63) is 40.5 Å². The lowest BCUT2D eigenvalue weighted by atomic mass is 10.1. The van der Waals surface area contributed by atoms with Gasteiger partial charge in [-0.15, -0.1) is 0 Å². The summed E-state index contributed by atoms with van der Waals surface area (Å²) < 4.78 is 40.8. The largest absolute Gasteiger partial charge is 0.406 e. The molecule has 1 aliphatic rings. The maximum absolute atomic E-state index is 13.2. The fourth-order valence-corrected chi connectivity index (χ4v) is 3.98. The summed E-state index contributed by atoms with van der Waals surface area (Å²) >= 11 is 6.28. The maximum Gasteiger partial charge on any atom is 0.406 e. The first-order chi connectivity index (χ1) is 13.4. The van der Waals surface area contributed by atoms with Crippen LogP contribution in [-0.2, 0) is 13.1 Å². The summed E-state index contributed by atoms with van der Waals surface area (Å²) in [5.41, 5.74) is 1.99. The number of aromatic nitrogens is 2. The lowest BCUT2D eigenvalue weighted by Gasteiger charge is -2.27. The van der Waals surface area contributed by atoms with Gasteiger partial charge in [0.15, 0.2) is 0 Å². The van der Waals surface area contributed by atoms with Gasteiger partial charge in [0, 0.05) is 44.3 Å². The van der Waals surface area contributed by atoms with Gasteiger partial charge in [-0.2, -0.15) is 18.4 Å². The first-order valence-electron chi connectivity index (χ1n) is 8.86. The predicted octanol–water partition coefficient (Wildman–Crippen LogP) is 3.68. The fourth-order valence-electron chi connectivity index (χ4n) is 3.70. The Hall–Kier alpha value is -2.34. The number of rotatable bonds is 3. The van der Waals surface area contributed by atoms with Crippen molar-refractivity contribution >= 4 is 33.5 Å². The number of alkyl halides is 3. The summed E-state index contributed by atoms with van der Waals surface area (Å²) in [6, 6.07) is 7.29. The highest BCUT2D eigenvalue weighted by Gasteiger charge is 2.31. The molecule has 0 radical (unpaired) electrons. The van der Waals surface area contributed by atoms with Crippen LogP contribution in [0.4, 0.5) is 13.2 Å². The Labute approximate surface area is 164 Å². The zero-order valence-electron chi connectivity index (χ0n) is 14.9. The molecular formula is C19H17ClF3N5. The number of pyridine rings is 1. The highest BCUT2D eigenvalue weighted by atomic mass is 35.5. The lowest BCUT2D eigenvalue weighted by molar-refractivity contribution is -0.139. The first-order valence-corrected chi connectivity index (χ1v) is 9.24. The first kappa shape index (κ1) is 19.0. The summed E-state index contributed by atoms with van der Waals surface area (Å²) in [5.74, 6) is 0. The summed E-state index contributed by atoms with van der Waals surface area (Å²) in [6.45, 7) is 3.20. The molecule has 0 spiro atoms. The molecule has 0 saturated carbocycles. The van der Waals surface area contributed by atoms with Crippen molar-refractivity contribution in [2.45, 2.75) is 19.3 Å². The number of halogens is 4. The molecule has 1 N–H and O–H groups in total. The number of hydrogen-bond donors (Lipinski definition) is 1. The van der Waals surface area contributed by atoms with Crippen LogP contribution in [0.15, 0.2) is 24.4 Å². The molecule has 28 heavy (non-hydrogen) atoms. The minimum absolute atomic E-state index is 0.00314. The topological polar surface area (TPSA) is 56.9 Å². The number of nitriles is 1. The zero-order valence-corrected chi connectivity index (χ0v) is 15.6. The van der Waals surface area contributed by atoms with Gasteiger partial charge in [0.2, 0.25) is 0 Å². The maximum atomic E-state index is 13.2. The smallest absolute Gasteiger partial charge is 0.329 e. The molecule has 4 rings (SSSR count). The van der Waals surface area contributed by atoms with Gasteiger partial charge in [0.25, 0.3) is 0 Å². The van der Waals surface area contributed by atoms with Crippen LogP contribution in [0.25, 0.3) is 21.9 Å². The third-order valence-electron chi connectivity index (χ3n) is 4.94. The van der Waals surface area contributed by atoms with E-state index >= 15 is 0 Å². The van der Waals surface area contributed by atoms with Crippen LogP contribution in [0.1, 0.15) is 11.1 Å². The third-order valence-corrected chi connectivity index (χ3v) is 5.32. The van der Waals surface area contributed by atoms with Crippen LogP contribution in [0.3, 0.4) is 0 Å². The number of piperazine rings is 1. The Kier molecular flexibility index (Phi) is 4.91. The number of hydrogen-bond acceptors (Lipinski definition) is 4. The van der Waals surface area contributed by atoms with E-state index in [4.69, 9.17) is 11.6 Å². The van der Waals surface area contributed by atoms with E-state index in [1.165, 1.54) is 6.20 Å². The highest BCUT2D eigenvalue weighted by molar-refractivity contribution is 6.37. The highest BCUT2D eigenvalue weighted by Crippen LogP contribution is 2.36. The van der Waals surface area contributed by atoms with E-state index in [-0.39, 0.29) is 16.1 Å². The normalized spacial score (nSPS) is 16.0. The van der Waals surface area contributed by atoms with E-state index in [1.807, 2.05) is 18.2 Å². The molecule has 1 saturated heterocycles. The molecule has 0 atom stereocenters. The minimum Gasteiger partial charge on any atom is -0.329 e. The van der Waals surface area contributed by atoms with Crippen LogP contribution < -0.4 is 5.32 Å². The Morgan fingerprint density at radius 2 is 2.00 bits per heavy atom. The van der Waals surface area contributed by atoms with Gasteiger partial charge in [-0.05, 0) is 17.7 Å². The minimum atomic E-state index is -4.43. The molecule has 3 aromatic rings. The number of nitrogens with zero attached hydrogens (tertiary/aromatic N) is 4. The molecule has 2 aromatic heterocycles. The second-order valence-corrected chi connectivity index (χ2v) is 7.25. The van der Waals surface area contributed by atoms with Crippen molar-refractivity contribution in [1.29, 1.82) is 5.26 Å². The monoisotopic (exact) mass is 407 g/mol. The Morgan fingerprint density at radius 1 is 1.25 bits per heavy atom. The van der Waals surface area contributed by atoms with Crippen molar-refractivity contribution in [3.8, 4) is 6.07 Å². The van der Waals surface area contributed by atoms with Crippen molar-refractivity contribution in [1.82, 2.24) is 19.8 Å². The van der Waals surface area contributed by atoms with E-state index in [1.54, 1.807) is 6.07 Å². The van der Waals surface area contributed by atoms with Crippen LogP contribution in [0, 0.1) is 11.3 Å². The molecule has 1 aromatic carbocycles. The summed E-state index contributed by atoms with van der Waals surface area (Å²) in [5, 5.41) is 13.1. The Morgan fingerprint density at radius 3 is 2.68 bits per heavy atom. The van der Waals surface area contributed by atoms with E-state index in [2.05, 4.69) is 15.2 Å². The van der Waals surface area contributed by atoms with E-state index in [9.17, 15) is 18.4 Å². The fraction of sp³-hybridized carbons (Fsp3) is 0.368. The molecule has 146 valence electrons. The van der Waals surface area contributed by atoms with Gasteiger partial charge >= 0.3 is 6.18 Å². The molecule has 0 aliphatic carbocycles. The Balaban J connectivity index is 1.88. The van der Waals surface area contributed by atoms with Crippen molar-refractivity contribution < 1.29 is 13.2 Å². The molecule has 1 aliphatic heterocycles. The molecule has 9 heteroatoms. The standard InChI is InChI=1S/C19H17ClF3N5/c20-16-13(8-24)9-26-17-14-7-12(10-27-5-3-25-4-6-27)1-2-15(14)28(18(16)17)11-19(21,22)23/h1-2,7,9,25H,3-6,10-11H2. The summed E-state index contributed by atoms with van der Waals surface area (Å²) in [6.07, 6.45) is -3.12. The number of benzene rings is 1. The lowest BCUT2D eigenvalue weighted by Crippen LogP contribution is -2.42. The second-order valence-electron chi connectivity index (χ2n) is 6.87. The van der Waals surface area contributed by atoms with Gasteiger partial charge in [-0.25, -0.2) is 0 Å². The SMILES string of the molecule is N#Cc1cnc2c3cc(CN4CCNCC4)ccc3n(CC(F)(F)F)c2c1Cl. The number of nitrogens with one attached hydrogen (secondary N) is 1. The molecular weight excluding hydrogens is 391 g/mol. The van der Waals surface area contributed by atoms with Crippen molar-refractivity contribution in [2.75, 3.05) is 26.2 Å². The van der Waals surface area contributed by atoms with Gasteiger partial charge in [-0.3, -0.25) is 9.88 Å². The van der Waals surface area contributed by atoms with Crippen LogP contribution in [-0.4, -0.2) is 46.8 Å². The summed E-state index contributed by atoms with van der Waals surface area (Å²) in [7, 11) is 0. The van der Waals surface area contributed by atoms with E-state index < -0.39 is 12.7 Å². The average Bonchev–Trinajstić information content (AvgIpc) is 2.95. The Bertz CT molecular complexity index is 1080. The van der Waals surface area contributed by atoms with Crippen LogP contribution in [0.2, 0.25) is 5.02 Å². The predicted molar refractivity (Wildman–Crippen MR) is 101 cm³/mol. The number of fused-ring (bicyclic) bond motifs is 3. The molecule has 1 fully saturated rings. The molecule has 0 unspecified atom stereocenters. The van der Waals surface area contributed by atoms with E-state index in [0.717, 1.165) is 36.3 Å². The average molecular weight is 408 g/mol. The molecule has 0 bridgehead atoms. The van der Waals surface area contributed by atoms with Gasteiger partial charge < -0.3 is 9.88 Å². The van der Waals surface area contributed by atoms with E-state index in [0.29, 0.717) is 23.0 Å².